The number of aliphatic hydroxyl groups excluding tert-OH is 1. The molecule has 0 aliphatic carbocycles. The van der Waals surface area contributed by atoms with Gasteiger partial charge in [-0.3, -0.25) is 0 Å². The zero-order valence-electron chi connectivity index (χ0n) is 11.3. The fourth-order valence-electron chi connectivity index (χ4n) is 2.45. The molecule has 3 nitrogen and oxygen atoms in total. The second kappa shape index (κ2) is 5.42. The molecular formula is C15H12BF3O3. The lowest BCUT2D eigenvalue weighted by molar-refractivity contribution is -0.137. The second-order valence-corrected chi connectivity index (χ2v) is 5.14. The van der Waals surface area contributed by atoms with E-state index in [4.69, 9.17) is 4.65 Å². The first kappa shape index (κ1) is 15.1. The predicted molar refractivity (Wildman–Crippen MR) is 74.3 cm³/mol. The van der Waals surface area contributed by atoms with Crippen LogP contribution in [0.25, 0.3) is 0 Å². The maximum Gasteiger partial charge on any atom is 0.491 e. The van der Waals surface area contributed by atoms with Gasteiger partial charge in [0.2, 0.25) is 0 Å². The minimum atomic E-state index is -4.40. The molecule has 0 saturated heterocycles. The van der Waals surface area contributed by atoms with Gasteiger partial charge in [0.25, 0.3) is 0 Å². The van der Waals surface area contributed by atoms with Crippen LogP contribution in [-0.4, -0.2) is 17.2 Å². The van der Waals surface area contributed by atoms with E-state index in [0.29, 0.717) is 23.2 Å². The van der Waals surface area contributed by atoms with E-state index >= 15 is 0 Å². The highest BCUT2D eigenvalue weighted by Gasteiger charge is 2.31. The average Bonchev–Trinajstić information content (AvgIpc) is 2.87. The molecule has 0 spiro atoms. The number of fused-ring (bicyclic) bond motifs is 1. The van der Waals surface area contributed by atoms with Crippen LogP contribution in [0.3, 0.4) is 0 Å². The van der Waals surface area contributed by atoms with Gasteiger partial charge in [0.1, 0.15) is 6.10 Å². The first-order chi connectivity index (χ1) is 10.4. The van der Waals surface area contributed by atoms with Crippen molar-refractivity contribution in [1.29, 1.82) is 0 Å². The van der Waals surface area contributed by atoms with E-state index in [1.165, 1.54) is 12.1 Å². The Hall–Kier alpha value is -1.83. The summed E-state index contributed by atoms with van der Waals surface area (Å²) >= 11 is 0. The van der Waals surface area contributed by atoms with Gasteiger partial charge in [0.05, 0.1) is 12.2 Å². The zero-order valence-corrected chi connectivity index (χ0v) is 11.3. The molecule has 0 saturated carbocycles. The van der Waals surface area contributed by atoms with E-state index in [1.54, 1.807) is 18.2 Å². The number of hydrogen-bond acceptors (Lipinski definition) is 3. The largest absolute Gasteiger partial charge is 0.491 e. The molecule has 1 aliphatic heterocycles. The van der Waals surface area contributed by atoms with Crippen molar-refractivity contribution in [3.8, 4) is 0 Å². The number of alkyl halides is 3. The van der Waals surface area contributed by atoms with Crippen molar-refractivity contribution in [2.24, 2.45) is 0 Å². The maximum absolute atomic E-state index is 12.5. The summed E-state index contributed by atoms with van der Waals surface area (Å²) < 4.78 is 42.7. The third-order valence-corrected chi connectivity index (χ3v) is 3.70. The Kier molecular flexibility index (Phi) is 3.72. The predicted octanol–water partition coefficient (Wildman–Crippen LogP) is 2.00. The quantitative estimate of drug-likeness (QED) is 0.835. The number of aliphatic hydroxyl groups is 1. The van der Waals surface area contributed by atoms with Gasteiger partial charge in [0, 0.05) is 0 Å². The first-order valence-electron chi connectivity index (χ1n) is 6.64. The highest BCUT2D eigenvalue weighted by atomic mass is 19.4. The summed E-state index contributed by atoms with van der Waals surface area (Å²) in [4.78, 5) is 0. The van der Waals surface area contributed by atoms with Crippen LogP contribution in [-0.2, 0) is 17.4 Å². The molecule has 3 rings (SSSR count). The molecule has 1 aliphatic rings. The SMILES string of the molecule is OB1OCc2ccc(C(O)c3ccc(C(F)(F)F)cc3)cc21. The summed E-state index contributed by atoms with van der Waals surface area (Å²) in [6.07, 6.45) is -5.47. The van der Waals surface area contributed by atoms with E-state index in [0.717, 1.165) is 17.7 Å². The summed E-state index contributed by atoms with van der Waals surface area (Å²) in [6, 6.07) is 9.36. The molecule has 1 heterocycles. The second-order valence-electron chi connectivity index (χ2n) is 5.14. The molecule has 114 valence electrons. The Labute approximate surface area is 125 Å². The zero-order chi connectivity index (χ0) is 15.9. The average molecular weight is 308 g/mol. The smallest absolute Gasteiger partial charge is 0.423 e. The van der Waals surface area contributed by atoms with Crippen LogP contribution >= 0.6 is 0 Å². The molecule has 22 heavy (non-hydrogen) atoms. The Morgan fingerprint density at radius 2 is 1.68 bits per heavy atom. The van der Waals surface area contributed by atoms with Gasteiger partial charge in [-0.05, 0) is 34.3 Å². The molecule has 0 fully saturated rings. The van der Waals surface area contributed by atoms with Gasteiger partial charge < -0.3 is 14.8 Å². The fourth-order valence-corrected chi connectivity index (χ4v) is 2.45. The highest BCUT2D eigenvalue weighted by molar-refractivity contribution is 6.61. The molecule has 0 aromatic heterocycles. The monoisotopic (exact) mass is 308 g/mol. The van der Waals surface area contributed by atoms with Gasteiger partial charge in [-0.2, -0.15) is 13.2 Å². The van der Waals surface area contributed by atoms with Crippen LogP contribution in [0.2, 0.25) is 0 Å². The Balaban J connectivity index is 1.88. The van der Waals surface area contributed by atoms with E-state index in [9.17, 15) is 23.3 Å². The Morgan fingerprint density at radius 3 is 2.32 bits per heavy atom. The Bertz CT molecular complexity index is 685. The van der Waals surface area contributed by atoms with E-state index in [2.05, 4.69) is 0 Å². The normalized spacial score (nSPS) is 15.8. The van der Waals surface area contributed by atoms with Crippen LogP contribution in [0.1, 0.15) is 28.4 Å². The third-order valence-electron chi connectivity index (χ3n) is 3.70. The van der Waals surface area contributed by atoms with Crippen molar-refractivity contribution < 1.29 is 28.0 Å². The lowest BCUT2D eigenvalue weighted by atomic mass is 9.78. The first-order valence-corrected chi connectivity index (χ1v) is 6.64. The molecule has 1 atom stereocenters. The number of hydrogen-bond donors (Lipinski definition) is 2. The van der Waals surface area contributed by atoms with Gasteiger partial charge >= 0.3 is 13.3 Å². The van der Waals surface area contributed by atoms with Crippen LogP contribution in [0.5, 0.6) is 0 Å². The fraction of sp³-hybridized carbons (Fsp3) is 0.200. The molecule has 2 aromatic carbocycles. The molecule has 2 N–H and O–H groups in total. The Morgan fingerprint density at radius 1 is 1.05 bits per heavy atom. The molecular weight excluding hydrogens is 296 g/mol. The molecule has 0 bridgehead atoms. The van der Waals surface area contributed by atoms with Crippen LogP contribution < -0.4 is 5.46 Å². The maximum atomic E-state index is 12.5. The van der Waals surface area contributed by atoms with E-state index in [-0.39, 0.29) is 0 Å². The summed E-state index contributed by atoms with van der Waals surface area (Å²) in [5.41, 5.74) is 1.48. The molecule has 7 heteroatoms. The minimum absolute atomic E-state index is 0.299. The molecule has 0 radical (unpaired) electrons. The van der Waals surface area contributed by atoms with Crippen molar-refractivity contribution in [2.75, 3.05) is 0 Å². The summed E-state index contributed by atoms with van der Waals surface area (Å²) in [6.45, 7) is 0.299. The van der Waals surface area contributed by atoms with E-state index < -0.39 is 25.0 Å². The topological polar surface area (TPSA) is 49.7 Å². The number of halogens is 3. The van der Waals surface area contributed by atoms with Crippen molar-refractivity contribution in [3.63, 3.8) is 0 Å². The van der Waals surface area contributed by atoms with Crippen LogP contribution in [0.4, 0.5) is 13.2 Å². The minimum Gasteiger partial charge on any atom is -0.423 e. The summed E-state index contributed by atoms with van der Waals surface area (Å²) in [5.74, 6) is 0. The van der Waals surface area contributed by atoms with Crippen LogP contribution in [0, 0.1) is 0 Å². The van der Waals surface area contributed by atoms with E-state index in [1.807, 2.05) is 0 Å². The lowest BCUT2D eigenvalue weighted by Crippen LogP contribution is -2.28. The lowest BCUT2D eigenvalue weighted by Gasteiger charge is -2.14. The molecule has 1 unspecified atom stereocenters. The summed E-state index contributed by atoms with van der Waals surface area (Å²) in [7, 11) is -1.03. The molecule has 2 aromatic rings. The van der Waals surface area contributed by atoms with Gasteiger partial charge in [-0.1, -0.05) is 30.3 Å². The van der Waals surface area contributed by atoms with Crippen molar-refractivity contribution in [1.82, 2.24) is 0 Å². The van der Waals surface area contributed by atoms with Crippen molar-refractivity contribution >= 4 is 12.6 Å². The van der Waals surface area contributed by atoms with Gasteiger partial charge in [-0.25, -0.2) is 0 Å². The van der Waals surface area contributed by atoms with Crippen molar-refractivity contribution in [3.05, 3.63) is 64.7 Å². The summed E-state index contributed by atoms with van der Waals surface area (Å²) in [5, 5.41) is 20.0. The van der Waals surface area contributed by atoms with Gasteiger partial charge in [0.15, 0.2) is 0 Å². The molecule has 0 amide bonds. The van der Waals surface area contributed by atoms with Crippen LogP contribution in [0.15, 0.2) is 42.5 Å². The third kappa shape index (κ3) is 2.75. The number of rotatable bonds is 2. The van der Waals surface area contributed by atoms with Gasteiger partial charge in [-0.15, -0.1) is 0 Å². The van der Waals surface area contributed by atoms with Crippen molar-refractivity contribution in [2.45, 2.75) is 18.9 Å². The highest BCUT2D eigenvalue weighted by Crippen LogP contribution is 2.31. The standard InChI is InChI=1S/C15H12BF3O3/c17-15(18,19)12-5-3-9(4-6-12)14(20)10-1-2-11-8-22-16(21)13(11)7-10/h1-7,14,20-21H,8H2. The number of benzene rings is 2.